The summed E-state index contributed by atoms with van der Waals surface area (Å²) in [5.74, 6) is 1.32. The first-order chi connectivity index (χ1) is 13.9. The number of hydrogen-bond donors (Lipinski definition) is 2. The second-order valence-corrected chi connectivity index (χ2v) is 7.19. The van der Waals surface area contributed by atoms with Gasteiger partial charge < -0.3 is 19.7 Å². The van der Waals surface area contributed by atoms with Gasteiger partial charge in [-0.3, -0.25) is 14.9 Å². The van der Waals surface area contributed by atoms with Crippen LogP contribution in [0.3, 0.4) is 0 Å². The summed E-state index contributed by atoms with van der Waals surface area (Å²) in [7, 11) is 3.24. The minimum Gasteiger partial charge on any atom is -0.497 e. The summed E-state index contributed by atoms with van der Waals surface area (Å²) in [5.41, 5.74) is 2.27. The number of hydrogen-bond acceptors (Lipinski definition) is 5. The van der Waals surface area contributed by atoms with Crippen LogP contribution in [0.25, 0.3) is 0 Å². The molecule has 29 heavy (non-hydrogen) atoms. The number of carbonyl (C=O) groups is 1. The van der Waals surface area contributed by atoms with Gasteiger partial charge >= 0.3 is 0 Å². The number of carbonyl (C=O) groups excluding carboxylic acids is 1. The van der Waals surface area contributed by atoms with Crippen molar-refractivity contribution in [2.45, 2.75) is 25.8 Å². The molecule has 1 aliphatic rings. The fraction of sp³-hybridized carbons (Fsp3) is 0.381. The van der Waals surface area contributed by atoms with E-state index in [0.717, 1.165) is 46.9 Å². The number of anilines is 1. The number of quaternary nitrogens is 1. The molecule has 0 radical (unpaired) electrons. The number of nitrogens with one attached hydrogen (secondary N) is 2. The smallest absolute Gasteiger partial charge is 0.279 e. The summed E-state index contributed by atoms with van der Waals surface area (Å²) in [6, 6.07) is 10.4. The van der Waals surface area contributed by atoms with Crippen molar-refractivity contribution in [1.82, 2.24) is 0 Å². The largest absolute Gasteiger partial charge is 0.497 e. The van der Waals surface area contributed by atoms with Crippen molar-refractivity contribution < 1.29 is 24.1 Å². The van der Waals surface area contributed by atoms with Gasteiger partial charge in [0.1, 0.15) is 17.5 Å². The van der Waals surface area contributed by atoms with Crippen molar-refractivity contribution in [3.63, 3.8) is 0 Å². The summed E-state index contributed by atoms with van der Waals surface area (Å²) in [6.07, 6.45) is 1.97. The van der Waals surface area contributed by atoms with Gasteiger partial charge in [0.25, 0.3) is 11.6 Å². The number of likely N-dealkylation sites (tertiary alicyclic amines) is 1. The average molecular weight is 400 g/mol. The maximum atomic E-state index is 12.7. The standard InChI is InChI=1S/C21H25N3O5/c1-14-6-7-15(24(26)27)11-18(14)22-21(25)13-23-10-4-5-19(23)17-9-8-16(28-2)12-20(17)29-3/h6-9,11-12,19H,4-5,10,13H2,1-3H3,(H,22,25)/p+1/t19-/m0/s1. The third-order valence-electron chi connectivity index (χ3n) is 5.39. The van der Waals surface area contributed by atoms with E-state index in [9.17, 15) is 14.9 Å². The SMILES string of the molecule is COc1ccc([C@@H]2CCC[NH+]2CC(=O)Nc2cc([N+](=O)[O-])ccc2C)c(OC)c1. The van der Waals surface area contributed by atoms with Gasteiger partial charge in [0.05, 0.1) is 36.9 Å². The molecule has 0 bridgehead atoms. The number of ether oxygens (including phenoxy) is 2. The Kier molecular flexibility index (Phi) is 6.33. The van der Waals surface area contributed by atoms with Crippen molar-refractivity contribution in [3.05, 3.63) is 57.6 Å². The highest BCUT2D eigenvalue weighted by Crippen LogP contribution is 2.31. The van der Waals surface area contributed by atoms with E-state index in [1.54, 1.807) is 20.3 Å². The number of nitro benzene ring substituents is 1. The molecular weight excluding hydrogens is 374 g/mol. The highest BCUT2D eigenvalue weighted by molar-refractivity contribution is 5.92. The molecule has 0 aromatic heterocycles. The molecule has 8 heteroatoms. The number of nitro groups is 1. The fourth-order valence-electron chi connectivity index (χ4n) is 3.86. The van der Waals surface area contributed by atoms with Gasteiger partial charge in [-0.1, -0.05) is 6.07 Å². The van der Waals surface area contributed by atoms with Crippen molar-refractivity contribution >= 4 is 17.3 Å². The first-order valence-corrected chi connectivity index (χ1v) is 9.54. The Morgan fingerprint density at radius 1 is 1.24 bits per heavy atom. The molecule has 3 rings (SSSR count). The van der Waals surface area contributed by atoms with E-state index in [-0.39, 0.29) is 24.2 Å². The second kappa shape index (κ2) is 8.91. The minimum atomic E-state index is -0.465. The topological polar surface area (TPSA) is 95.1 Å². The number of rotatable bonds is 7. The molecule has 1 amide bonds. The predicted octanol–water partition coefficient (Wildman–Crippen LogP) is 2.28. The van der Waals surface area contributed by atoms with Gasteiger partial charge in [0.2, 0.25) is 0 Å². The third kappa shape index (κ3) is 4.65. The number of non-ortho nitro benzene ring substituents is 1. The Hall–Kier alpha value is -3.13. The minimum absolute atomic E-state index is 0.0414. The number of amides is 1. The molecular formula is C21H26N3O5+. The Labute approximate surface area is 169 Å². The molecule has 1 unspecified atom stereocenters. The van der Waals surface area contributed by atoms with Crippen LogP contribution in [0.1, 0.15) is 30.0 Å². The molecule has 1 saturated heterocycles. The monoisotopic (exact) mass is 400 g/mol. The lowest BCUT2D eigenvalue weighted by Gasteiger charge is -2.23. The molecule has 8 nitrogen and oxygen atoms in total. The van der Waals surface area contributed by atoms with Crippen LogP contribution in [0, 0.1) is 17.0 Å². The average Bonchev–Trinajstić information content (AvgIpc) is 3.16. The van der Waals surface area contributed by atoms with Crippen LogP contribution < -0.4 is 19.7 Å². The van der Waals surface area contributed by atoms with Gasteiger partial charge in [-0.25, -0.2) is 0 Å². The van der Waals surface area contributed by atoms with Crippen molar-refractivity contribution in [2.24, 2.45) is 0 Å². The molecule has 1 heterocycles. The van der Waals surface area contributed by atoms with Crippen LogP contribution in [0.4, 0.5) is 11.4 Å². The summed E-state index contributed by atoms with van der Waals surface area (Å²) in [5, 5.41) is 13.8. The third-order valence-corrected chi connectivity index (χ3v) is 5.39. The molecule has 2 N–H and O–H groups in total. The van der Waals surface area contributed by atoms with E-state index < -0.39 is 4.92 Å². The first kappa shape index (κ1) is 20.6. The van der Waals surface area contributed by atoms with Crippen molar-refractivity contribution in [3.8, 4) is 11.5 Å². The van der Waals surface area contributed by atoms with E-state index in [0.29, 0.717) is 5.69 Å². The molecule has 0 spiro atoms. The van der Waals surface area contributed by atoms with Gasteiger partial charge in [-0.15, -0.1) is 0 Å². The van der Waals surface area contributed by atoms with Gasteiger partial charge in [-0.05, 0) is 24.6 Å². The summed E-state index contributed by atoms with van der Waals surface area (Å²) in [4.78, 5) is 24.4. The summed E-state index contributed by atoms with van der Waals surface area (Å²) in [6.45, 7) is 2.97. The molecule has 0 aliphatic carbocycles. The fourth-order valence-corrected chi connectivity index (χ4v) is 3.86. The number of aryl methyl sites for hydroxylation is 1. The van der Waals surface area contributed by atoms with Crippen LogP contribution >= 0.6 is 0 Å². The lowest BCUT2D eigenvalue weighted by atomic mass is 10.0. The van der Waals surface area contributed by atoms with Crippen LogP contribution in [-0.4, -0.2) is 38.1 Å². The number of benzene rings is 2. The maximum absolute atomic E-state index is 12.7. The highest BCUT2D eigenvalue weighted by atomic mass is 16.6. The Morgan fingerprint density at radius 2 is 2.03 bits per heavy atom. The lowest BCUT2D eigenvalue weighted by molar-refractivity contribution is -0.910. The molecule has 2 aromatic rings. The highest BCUT2D eigenvalue weighted by Gasteiger charge is 2.33. The lowest BCUT2D eigenvalue weighted by Crippen LogP contribution is -3.11. The first-order valence-electron chi connectivity index (χ1n) is 9.54. The predicted molar refractivity (Wildman–Crippen MR) is 109 cm³/mol. The van der Waals surface area contributed by atoms with Crippen LogP contribution in [-0.2, 0) is 4.79 Å². The van der Waals surface area contributed by atoms with E-state index in [1.165, 1.54) is 12.1 Å². The van der Waals surface area contributed by atoms with E-state index >= 15 is 0 Å². The molecule has 2 aromatic carbocycles. The number of methoxy groups -OCH3 is 2. The van der Waals surface area contributed by atoms with Crippen LogP contribution in [0.15, 0.2) is 36.4 Å². The van der Waals surface area contributed by atoms with Crippen molar-refractivity contribution in [2.75, 3.05) is 32.6 Å². The van der Waals surface area contributed by atoms with Gasteiger partial charge in [0, 0.05) is 31.0 Å². The van der Waals surface area contributed by atoms with Crippen LogP contribution in [0.2, 0.25) is 0 Å². The zero-order valence-corrected chi connectivity index (χ0v) is 16.9. The van der Waals surface area contributed by atoms with Gasteiger partial charge in [-0.2, -0.15) is 0 Å². The maximum Gasteiger partial charge on any atom is 0.279 e. The number of nitrogens with zero attached hydrogens (tertiary/aromatic N) is 1. The van der Waals surface area contributed by atoms with Gasteiger partial charge in [0.15, 0.2) is 6.54 Å². The molecule has 1 aliphatic heterocycles. The summed E-state index contributed by atoms with van der Waals surface area (Å²) >= 11 is 0. The van der Waals surface area contributed by atoms with E-state index in [2.05, 4.69) is 5.32 Å². The Morgan fingerprint density at radius 3 is 2.72 bits per heavy atom. The molecule has 2 atom stereocenters. The molecule has 1 fully saturated rings. The second-order valence-electron chi connectivity index (χ2n) is 7.19. The zero-order chi connectivity index (χ0) is 21.0. The normalized spacial score (nSPS) is 18.3. The Bertz CT molecular complexity index is 915. The summed E-state index contributed by atoms with van der Waals surface area (Å²) < 4.78 is 10.8. The molecule has 154 valence electrons. The molecule has 0 saturated carbocycles. The van der Waals surface area contributed by atoms with Crippen molar-refractivity contribution in [1.29, 1.82) is 0 Å². The quantitative estimate of drug-likeness (QED) is 0.549. The van der Waals surface area contributed by atoms with E-state index in [4.69, 9.17) is 9.47 Å². The van der Waals surface area contributed by atoms with Crippen LogP contribution in [0.5, 0.6) is 11.5 Å². The Balaban J connectivity index is 1.74. The zero-order valence-electron chi connectivity index (χ0n) is 16.9. The van der Waals surface area contributed by atoms with E-state index in [1.807, 2.05) is 25.1 Å².